The van der Waals surface area contributed by atoms with Gasteiger partial charge in [0, 0.05) is 16.2 Å². The lowest BCUT2D eigenvalue weighted by Gasteiger charge is -2.09. The molecule has 0 radical (unpaired) electrons. The van der Waals surface area contributed by atoms with Gasteiger partial charge in [0.1, 0.15) is 5.75 Å². The standard InChI is InChI=1S/C19H20BrNO2/c1-13(2)23-17-6-4-5-15(12-17)7-10-19(22)21-16-8-9-18(20)14(3)11-16/h4-13H,1-3H3,(H,21,22)/b10-7+. The molecular weight excluding hydrogens is 354 g/mol. The lowest BCUT2D eigenvalue weighted by Crippen LogP contribution is -2.07. The van der Waals surface area contributed by atoms with Crippen LogP contribution in [0.3, 0.4) is 0 Å². The Bertz CT molecular complexity index is 723. The van der Waals surface area contributed by atoms with Crippen LogP contribution in [0.4, 0.5) is 5.69 Å². The average Bonchev–Trinajstić information content (AvgIpc) is 2.49. The minimum absolute atomic E-state index is 0.123. The summed E-state index contributed by atoms with van der Waals surface area (Å²) in [5.74, 6) is 0.632. The molecule has 3 nitrogen and oxygen atoms in total. The van der Waals surface area contributed by atoms with Crippen LogP contribution in [0.15, 0.2) is 53.0 Å². The number of hydrogen-bond acceptors (Lipinski definition) is 2. The number of carbonyl (C=O) groups is 1. The molecule has 120 valence electrons. The molecule has 0 atom stereocenters. The number of rotatable bonds is 5. The van der Waals surface area contributed by atoms with Crippen LogP contribution in [0.1, 0.15) is 25.0 Å². The van der Waals surface area contributed by atoms with Crippen LogP contribution in [0, 0.1) is 6.92 Å². The fraction of sp³-hybridized carbons (Fsp3) is 0.211. The van der Waals surface area contributed by atoms with Crippen LogP contribution in [0.25, 0.3) is 6.08 Å². The first-order valence-electron chi connectivity index (χ1n) is 7.46. The molecule has 0 heterocycles. The molecule has 0 saturated heterocycles. The number of anilines is 1. The zero-order chi connectivity index (χ0) is 16.8. The van der Waals surface area contributed by atoms with E-state index in [1.165, 1.54) is 6.08 Å². The lowest BCUT2D eigenvalue weighted by atomic mass is 10.2. The van der Waals surface area contributed by atoms with E-state index in [1.807, 2.05) is 63.2 Å². The van der Waals surface area contributed by atoms with E-state index in [4.69, 9.17) is 4.74 Å². The van der Waals surface area contributed by atoms with E-state index < -0.39 is 0 Å². The second kappa shape index (κ2) is 7.97. The second-order valence-electron chi connectivity index (χ2n) is 5.53. The Kier molecular flexibility index (Phi) is 5.99. The summed E-state index contributed by atoms with van der Waals surface area (Å²) in [5.41, 5.74) is 2.77. The lowest BCUT2D eigenvalue weighted by molar-refractivity contribution is -0.111. The van der Waals surface area contributed by atoms with Gasteiger partial charge in [-0.3, -0.25) is 4.79 Å². The van der Waals surface area contributed by atoms with Crippen molar-refractivity contribution in [3.8, 4) is 5.75 Å². The van der Waals surface area contributed by atoms with Crippen molar-refractivity contribution < 1.29 is 9.53 Å². The number of hydrogen-bond donors (Lipinski definition) is 1. The smallest absolute Gasteiger partial charge is 0.248 e. The molecular formula is C19H20BrNO2. The number of nitrogens with one attached hydrogen (secondary N) is 1. The second-order valence-corrected chi connectivity index (χ2v) is 6.38. The number of ether oxygens (including phenoxy) is 1. The van der Waals surface area contributed by atoms with E-state index in [-0.39, 0.29) is 12.0 Å². The highest BCUT2D eigenvalue weighted by atomic mass is 79.9. The van der Waals surface area contributed by atoms with Gasteiger partial charge in [0.25, 0.3) is 0 Å². The molecule has 2 aromatic rings. The van der Waals surface area contributed by atoms with Crippen molar-refractivity contribution in [1.82, 2.24) is 0 Å². The maximum absolute atomic E-state index is 12.0. The van der Waals surface area contributed by atoms with E-state index >= 15 is 0 Å². The third-order valence-corrected chi connectivity index (χ3v) is 3.97. The Morgan fingerprint density at radius 1 is 1.22 bits per heavy atom. The summed E-state index contributed by atoms with van der Waals surface area (Å²) in [4.78, 5) is 12.0. The molecule has 0 unspecified atom stereocenters. The Balaban J connectivity index is 2.01. The van der Waals surface area contributed by atoms with Gasteiger partial charge in [-0.2, -0.15) is 0 Å². The first kappa shape index (κ1) is 17.3. The maximum Gasteiger partial charge on any atom is 0.248 e. The van der Waals surface area contributed by atoms with E-state index in [0.717, 1.165) is 27.0 Å². The molecule has 2 aromatic carbocycles. The maximum atomic E-state index is 12.0. The van der Waals surface area contributed by atoms with Crippen LogP contribution < -0.4 is 10.1 Å². The summed E-state index contributed by atoms with van der Waals surface area (Å²) in [6, 6.07) is 13.4. The van der Waals surface area contributed by atoms with Crippen molar-refractivity contribution in [2.45, 2.75) is 26.9 Å². The molecule has 1 amide bonds. The summed E-state index contributed by atoms with van der Waals surface area (Å²) in [7, 11) is 0. The number of amides is 1. The topological polar surface area (TPSA) is 38.3 Å². The highest BCUT2D eigenvalue weighted by Crippen LogP contribution is 2.20. The highest BCUT2D eigenvalue weighted by molar-refractivity contribution is 9.10. The van der Waals surface area contributed by atoms with E-state index in [0.29, 0.717) is 0 Å². The number of carbonyl (C=O) groups excluding carboxylic acids is 1. The summed E-state index contributed by atoms with van der Waals surface area (Å²) in [5, 5.41) is 2.85. The minimum Gasteiger partial charge on any atom is -0.491 e. The van der Waals surface area contributed by atoms with Crippen molar-refractivity contribution in [2.24, 2.45) is 0 Å². The molecule has 0 aliphatic carbocycles. The fourth-order valence-corrected chi connectivity index (χ4v) is 2.29. The van der Waals surface area contributed by atoms with Crippen molar-refractivity contribution in [3.63, 3.8) is 0 Å². The fourth-order valence-electron chi connectivity index (χ4n) is 2.04. The van der Waals surface area contributed by atoms with Crippen molar-refractivity contribution in [1.29, 1.82) is 0 Å². The van der Waals surface area contributed by atoms with Gasteiger partial charge in [0.15, 0.2) is 0 Å². The van der Waals surface area contributed by atoms with Gasteiger partial charge >= 0.3 is 0 Å². The van der Waals surface area contributed by atoms with Crippen LogP contribution in [-0.2, 0) is 4.79 Å². The number of halogens is 1. The molecule has 0 aliphatic heterocycles. The van der Waals surface area contributed by atoms with Crippen molar-refractivity contribution >= 4 is 33.6 Å². The van der Waals surface area contributed by atoms with Crippen molar-refractivity contribution in [3.05, 3.63) is 64.1 Å². The van der Waals surface area contributed by atoms with Gasteiger partial charge in [-0.15, -0.1) is 0 Å². The quantitative estimate of drug-likeness (QED) is 0.731. The zero-order valence-corrected chi connectivity index (χ0v) is 15.1. The van der Waals surface area contributed by atoms with Crippen LogP contribution in [-0.4, -0.2) is 12.0 Å². The van der Waals surface area contributed by atoms with Gasteiger partial charge in [-0.1, -0.05) is 28.1 Å². The first-order chi connectivity index (χ1) is 10.9. The van der Waals surface area contributed by atoms with E-state index in [9.17, 15) is 4.79 Å². The van der Waals surface area contributed by atoms with Crippen LogP contribution in [0.5, 0.6) is 5.75 Å². The molecule has 23 heavy (non-hydrogen) atoms. The molecule has 0 saturated carbocycles. The SMILES string of the molecule is Cc1cc(NC(=O)/C=C/c2cccc(OC(C)C)c2)ccc1Br. The minimum atomic E-state index is -0.165. The Hall–Kier alpha value is -2.07. The molecule has 0 fully saturated rings. The summed E-state index contributed by atoms with van der Waals surface area (Å²) < 4.78 is 6.66. The Morgan fingerprint density at radius 3 is 2.70 bits per heavy atom. The van der Waals surface area contributed by atoms with Gasteiger partial charge in [-0.25, -0.2) is 0 Å². The summed E-state index contributed by atoms with van der Waals surface area (Å²) in [6.07, 6.45) is 3.42. The van der Waals surface area contributed by atoms with Gasteiger partial charge in [0.05, 0.1) is 6.10 Å². The monoisotopic (exact) mass is 373 g/mol. The molecule has 0 aromatic heterocycles. The molecule has 1 N–H and O–H groups in total. The van der Waals surface area contributed by atoms with Crippen LogP contribution in [0.2, 0.25) is 0 Å². The zero-order valence-electron chi connectivity index (χ0n) is 13.5. The molecule has 0 aliphatic rings. The van der Waals surface area contributed by atoms with Gasteiger partial charge < -0.3 is 10.1 Å². The predicted octanol–water partition coefficient (Wildman–Crippen LogP) is 5.20. The van der Waals surface area contributed by atoms with Gasteiger partial charge in [-0.05, 0) is 68.3 Å². The number of benzene rings is 2. The Morgan fingerprint density at radius 2 is 2.00 bits per heavy atom. The largest absolute Gasteiger partial charge is 0.491 e. The summed E-state index contributed by atoms with van der Waals surface area (Å²) in [6.45, 7) is 5.95. The van der Waals surface area contributed by atoms with Gasteiger partial charge in [0.2, 0.25) is 5.91 Å². The number of aryl methyl sites for hydroxylation is 1. The molecule has 2 rings (SSSR count). The third kappa shape index (κ3) is 5.57. The van der Waals surface area contributed by atoms with Crippen LogP contribution >= 0.6 is 15.9 Å². The first-order valence-corrected chi connectivity index (χ1v) is 8.25. The predicted molar refractivity (Wildman–Crippen MR) is 98.7 cm³/mol. The van der Waals surface area contributed by atoms with Crippen molar-refractivity contribution in [2.75, 3.05) is 5.32 Å². The third-order valence-electron chi connectivity index (χ3n) is 3.08. The Labute approximate surface area is 145 Å². The molecule has 0 spiro atoms. The molecule has 4 heteroatoms. The molecule has 0 bridgehead atoms. The normalized spacial score (nSPS) is 11.0. The average molecular weight is 374 g/mol. The highest BCUT2D eigenvalue weighted by Gasteiger charge is 2.01. The van der Waals surface area contributed by atoms with E-state index in [1.54, 1.807) is 6.08 Å². The summed E-state index contributed by atoms with van der Waals surface area (Å²) >= 11 is 3.44. The van der Waals surface area contributed by atoms with E-state index in [2.05, 4.69) is 21.2 Å².